The van der Waals surface area contributed by atoms with Gasteiger partial charge in [-0.2, -0.15) is 0 Å². The Morgan fingerprint density at radius 2 is 2.00 bits per heavy atom. The highest BCUT2D eigenvalue weighted by molar-refractivity contribution is 9.10. The number of aliphatic hydroxyl groups excluding tert-OH is 1. The highest BCUT2D eigenvalue weighted by Crippen LogP contribution is 2.22. The van der Waals surface area contributed by atoms with E-state index < -0.39 is 6.10 Å². The number of carbonyl (C=O) groups is 1. The number of nitrogens with zero attached hydrogens (tertiary/aromatic N) is 3. The van der Waals surface area contributed by atoms with E-state index in [1.807, 2.05) is 6.92 Å². The van der Waals surface area contributed by atoms with Gasteiger partial charge in [0.25, 0.3) is 5.56 Å². The first-order valence-corrected chi connectivity index (χ1v) is 11.1. The first-order valence-electron chi connectivity index (χ1n) is 9.37. The molecule has 9 heteroatoms. The fraction of sp³-hybridized carbons (Fsp3) is 0.286. The molecule has 0 unspecified atom stereocenters. The normalized spacial score (nSPS) is 12.2. The standard InChI is InChI=1S/C21H21BrFN3O3S/c1-3-25(16-7-5-15(23)6-8-16)19(28)12-30-21-24-18-9-4-14(22)10-17(18)20(29)26(21)11-13(2)27/h4-10,13,27H,3,11-12H2,1-2H3/t13-/m0/s1. The van der Waals surface area contributed by atoms with Gasteiger partial charge in [-0.15, -0.1) is 0 Å². The van der Waals surface area contributed by atoms with Crippen LogP contribution in [-0.4, -0.2) is 39.0 Å². The lowest BCUT2D eigenvalue weighted by Gasteiger charge is -2.21. The summed E-state index contributed by atoms with van der Waals surface area (Å²) in [5, 5.41) is 10.6. The topological polar surface area (TPSA) is 75.4 Å². The van der Waals surface area contributed by atoms with Crippen molar-refractivity contribution in [3.63, 3.8) is 0 Å². The van der Waals surface area contributed by atoms with E-state index >= 15 is 0 Å². The van der Waals surface area contributed by atoms with Crippen LogP contribution in [0.25, 0.3) is 10.9 Å². The summed E-state index contributed by atoms with van der Waals surface area (Å²) in [6, 6.07) is 10.9. The number of anilines is 1. The van der Waals surface area contributed by atoms with E-state index in [9.17, 15) is 19.1 Å². The Morgan fingerprint density at radius 3 is 2.63 bits per heavy atom. The molecule has 3 aromatic rings. The molecular weight excluding hydrogens is 473 g/mol. The monoisotopic (exact) mass is 493 g/mol. The molecule has 0 aliphatic rings. The number of hydrogen-bond acceptors (Lipinski definition) is 5. The highest BCUT2D eigenvalue weighted by Gasteiger charge is 2.18. The average molecular weight is 494 g/mol. The zero-order valence-electron chi connectivity index (χ0n) is 16.5. The summed E-state index contributed by atoms with van der Waals surface area (Å²) in [7, 11) is 0. The number of rotatable bonds is 7. The minimum atomic E-state index is -0.754. The Bertz CT molecular complexity index is 1120. The van der Waals surface area contributed by atoms with E-state index in [4.69, 9.17) is 0 Å². The zero-order valence-corrected chi connectivity index (χ0v) is 18.9. The molecule has 0 spiro atoms. The van der Waals surface area contributed by atoms with Crippen LogP contribution >= 0.6 is 27.7 Å². The number of aromatic nitrogens is 2. The Morgan fingerprint density at radius 1 is 1.30 bits per heavy atom. The molecule has 30 heavy (non-hydrogen) atoms. The van der Waals surface area contributed by atoms with Gasteiger partial charge in [-0.05, 0) is 56.3 Å². The third-order valence-electron chi connectivity index (χ3n) is 4.41. The van der Waals surface area contributed by atoms with E-state index in [1.165, 1.54) is 16.7 Å². The molecule has 0 bridgehead atoms. The van der Waals surface area contributed by atoms with Crippen LogP contribution in [0.3, 0.4) is 0 Å². The fourth-order valence-electron chi connectivity index (χ4n) is 3.04. The molecule has 1 heterocycles. The zero-order chi connectivity index (χ0) is 21.8. The van der Waals surface area contributed by atoms with Crippen molar-refractivity contribution in [1.82, 2.24) is 9.55 Å². The molecule has 1 N–H and O–H groups in total. The molecule has 158 valence electrons. The second kappa shape index (κ2) is 9.72. The number of aliphatic hydroxyl groups is 1. The molecule has 3 rings (SSSR count). The molecular formula is C21H21BrFN3O3S. The van der Waals surface area contributed by atoms with Gasteiger partial charge in [-0.25, -0.2) is 9.37 Å². The second-order valence-corrected chi connectivity index (χ2v) is 8.58. The van der Waals surface area contributed by atoms with Crippen molar-refractivity contribution in [2.75, 3.05) is 17.2 Å². The summed E-state index contributed by atoms with van der Waals surface area (Å²) in [6.07, 6.45) is -0.754. The second-order valence-electron chi connectivity index (χ2n) is 6.72. The van der Waals surface area contributed by atoms with Crippen LogP contribution in [0.1, 0.15) is 13.8 Å². The van der Waals surface area contributed by atoms with Crippen molar-refractivity contribution in [2.24, 2.45) is 0 Å². The van der Waals surface area contributed by atoms with E-state index in [2.05, 4.69) is 20.9 Å². The minimum absolute atomic E-state index is 0.0412. The smallest absolute Gasteiger partial charge is 0.262 e. The maximum Gasteiger partial charge on any atom is 0.262 e. The molecule has 0 radical (unpaired) electrons. The molecule has 0 aliphatic carbocycles. The summed E-state index contributed by atoms with van der Waals surface area (Å²) in [6.45, 7) is 3.91. The molecule has 6 nitrogen and oxygen atoms in total. The van der Waals surface area contributed by atoms with Gasteiger partial charge in [0.05, 0.1) is 29.3 Å². The number of fused-ring (bicyclic) bond motifs is 1. The average Bonchev–Trinajstić information content (AvgIpc) is 2.71. The Balaban J connectivity index is 1.90. The van der Waals surface area contributed by atoms with Gasteiger partial charge in [0.2, 0.25) is 5.91 Å². The summed E-state index contributed by atoms with van der Waals surface area (Å²) >= 11 is 4.49. The molecule has 1 aromatic heterocycles. The molecule has 1 amide bonds. The third kappa shape index (κ3) is 5.08. The predicted octanol–water partition coefficient (Wildman–Crippen LogP) is 3.82. The lowest BCUT2D eigenvalue weighted by atomic mass is 10.2. The largest absolute Gasteiger partial charge is 0.392 e. The lowest BCUT2D eigenvalue weighted by molar-refractivity contribution is -0.116. The third-order valence-corrected chi connectivity index (χ3v) is 5.86. The first-order chi connectivity index (χ1) is 14.3. The van der Waals surface area contributed by atoms with Crippen LogP contribution < -0.4 is 10.5 Å². The number of carbonyl (C=O) groups excluding carboxylic acids is 1. The van der Waals surface area contributed by atoms with Gasteiger partial charge >= 0.3 is 0 Å². The van der Waals surface area contributed by atoms with Crippen molar-refractivity contribution in [1.29, 1.82) is 0 Å². The quantitative estimate of drug-likeness (QED) is 0.399. The van der Waals surface area contributed by atoms with Crippen LogP contribution in [0.15, 0.2) is 56.9 Å². The van der Waals surface area contributed by atoms with Crippen LogP contribution in [0.4, 0.5) is 10.1 Å². The Labute approximate surface area is 185 Å². The van der Waals surface area contributed by atoms with Crippen molar-refractivity contribution < 1.29 is 14.3 Å². The maximum atomic E-state index is 13.2. The number of thioether (sulfide) groups is 1. The Hall–Kier alpha value is -2.23. The van der Waals surface area contributed by atoms with Crippen molar-refractivity contribution >= 4 is 50.2 Å². The predicted molar refractivity (Wildman–Crippen MR) is 121 cm³/mol. The van der Waals surface area contributed by atoms with Gasteiger partial charge < -0.3 is 10.0 Å². The molecule has 0 saturated carbocycles. The lowest BCUT2D eigenvalue weighted by Crippen LogP contribution is -2.33. The van der Waals surface area contributed by atoms with Gasteiger partial charge in [-0.3, -0.25) is 14.2 Å². The van der Waals surface area contributed by atoms with Gasteiger partial charge in [-0.1, -0.05) is 27.7 Å². The van der Waals surface area contributed by atoms with E-state index in [1.54, 1.807) is 42.2 Å². The van der Waals surface area contributed by atoms with Gasteiger partial charge in [0.15, 0.2) is 5.16 Å². The fourth-order valence-corrected chi connectivity index (χ4v) is 4.28. The minimum Gasteiger partial charge on any atom is -0.392 e. The van der Waals surface area contributed by atoms with Crippen molar-refractivity contribution in [2.45, 2.75) is 31.7 Å². The van der Waals surface area contributed by atoms with Crippen LogP contribution in [-0.2, 0) is 11.3 Å². The summed E-state index contributed by atoms with van der Waals surface area (Å²) in [4.78, 5) is 31.9. The number of hydrogen-bond donors (Lipinski definition) is 1. The molecule has 0 fully saturated rings. The van der Waals surface area contributed by atoms with Crippen molar-refractivity contribution in [3.05, 3.63) is 63.1 Å². The van der Waals surface area contributed by atoms with Gasteiger partial charge in [0, 0.05) is 16.7 Å². The number of amides is 1. The highest BCUT2D eigenvalue weighted by atomic mass is 79.9. The summed E-state index contributed by atoms with van der Waals surface area (Å²) < 4.78 is 15.3. The molecule has 1 atom stereocenters. The first kappa shape index (κ1) is 22.5. The van der Waals surface area contributed by atoms with E-state index in [0.717, 1.165) is 16.2 Å². The van der Waals surface area contributed by atoms with Crippen LogP contribution in [0.5, 0.6) is 0 Å². The Kier molecular flexibility index (Phi) is 7.27. The van der Waals surface area contributed by atoms with Crippen molar-refractivity contribution in [3.8, 4) is 0 Å². The molecule has 0 saturated heterocycles. The molecule has 2 aromatic carbocycles. The van der Waals surface area contributed by atoms with Crippen LogP contribution in [0, 0.1) is 5.82 Å². The number of benzene rings is 2. The van der Waals surface area contributed by atoms with E-state index in [0.29, 0.717) is 28.3 Å². The summed E-state index contributed by atoms with van der Waals surface area (Å²) in [5.74, 6) is -0.520. The summed E-state index contributed by atoms with van der Waals surface area (Å²) in [5.41, 5.74) is 0.844. The SMILES string of the molecule is CCN(C(=O)CSc1nc2ccc(Br)cc2c(=O)n1C[C@H](C)O)c1ccc(F)cc1. The molecule has 0 aliphatic heterocycles. The maximum absolute atomic E-state index is 13.2. The van der Waals surface area contributed by atoms with E-state index in [-0.39, 0.29) is 29.6 Å². The number of halogens is 2. The van der Waals surface area contributed by atoms with Crippen LogP contribution in [0.2, 0.25) is 0 Å². The van der Waals surface area contributed by atoms with Gasteiger partial charge in [0.1, 0.15) is 5.82 Å².